The standard InChI is InChI=1S/C17H28O3Si/c1-13-10-8-9-11-14(13)19-15-12-18-21(20-15,16(2,3)4)17(5,6)7/h8-11,15H,12H2,1-7H3. The number of benzene rings is 1. The van der Waals surface area contributed by atoms with E-state index in [2.05, 4.69) is 41.5 Å². The number of para-hydroxylation sites is 1. The van der Waals surface area contributed by atoms with Crippen molar-refractivity contribution in [1.29, 1.82) is 0 Å². The lowest BCUT2D eigenvalue weighted by atomic mass is 10.2. The maximum absolute atomic E-state index is 6.43. The van der Waals surface area contributed by atoms with Gasteiger partial charge in [-0.25, -0.2) is 0 Å². The predicted molar refractivity (Wildman–Crippen MR) is 87.8 cm³/mol. The Labute approximate surface area is 129 Å². The molecule has 0 N–H and O–H groups in total. The predicted octanol–water partition coefficient (Wildman–Crippen LogP) is 4.79. The molecular weight excluding hydrogens is 280 g/mol. The van der Waals surface area contributed by atoms with Crippen LogP contribution in [-0.4, -0.2) is 21.5 Å². The fraction of sp³-hybridized carbons (Fsp3) is 0.647. The van der Waals surface area contributed by atoms with E-state index in [1.165, 1.54) is 0 Å². The van der Waals surface area contributed by atoms with Crippen LogP contribution in [0.4, 0.5) is 0 Å². The lowest BCUT2D eigenvalue weighted by Gasteiger charge is -2.45. The van der Waals surface area contributed by atoms with Gasteiger partial charge in [-0.15, -0.1) is 0 Å². The van der Waals surface area contributed by atoms with Gasteiger partial charge in [0.1, 0.15) is 5.75 Å². The van der Waals surface area contributed by atoms with Crippen molar-refractivity contribution in [2.75, 3.05) is 6.61 Å². The molecule has 21 heavy (non-hydrogen) atoms. The number of hydrogen-bond acceptors (Lipinski definition) is 3. The zero-order valence-corrected chi connectivity index (χ0v) is 15.3. The highest BCUT2D eigenvalue weighted by Gasteiger charge is 2.62. The highest BCUT2D eigenvalue weighted by Crippen LogP contribution is 2.54. The van der Waals surface area contributed by atoms with Crippen molar-refractivity contribution in [3.63, 3.8) is 0 Å². The molecule has 0 aromatic heterocycles. The SMILES string of the molecule is Cc1ccccc1OC1CO[Si](C(C)(C)C)(C(C)(C)C)O1. The van der Waals surface area contributed by atoms with Crippen molar-refractivity contribution in [3.8, 4) is 5.75 Å². The molecule has 2 rings (SSSR count). The van der Waals surface area contributed by atoms with Gasteiger partial charge in [0, 0.05) is 10.1 Å². The largest absolute Gasteiger partial charge is 0.463 e. The van der Waals surface area contributed by atoms with Crippen molar-refractivity contribution >= 4 is 8.56 Å². The Hall–Kier alpha value is -0.843. The van der Waals surface area contributed by atoms with Gasteiger partial charge in [-0.2, -0.15) is 0 Å². The first-order valence-corrected chi connectivity index (χ1v) is 9.42. The van der Waals surface area contributed by atoms with E-state index in [0.29, 0.717) is 6.61 Å². The lowest BCUT2D eigenvalue weighted by molar-refractivity contribution is 0.0147. The molecule has 0 aliphatic carbocycles. The van der Waals surface area contributed by atoms with Gasteiger partial charge in [-0.05, 0) is 18.6 Å². The highest BCUT2D eigenvalue weighted by atomic mass is 28.4. The highest BCUT2D eigenvalue weighted by molar-refractivity contribution is 6.73. The van der Waals surface area contributed by atoms with E-state index in [0.717, 1.165) is 11.3 Å². The van der Waals surface area contributed by atoms with Gasteiger partial charge in [-0.1, -0.05) is 59.7 Å². The Morgan fingerprint density at radius 3 is 2.10 bits per heavy atom. The van der Waals surface area contributed by atoms with E-state index in [4.69, 9.17) is 13.6 Å². The summed E-state index contributed by atoms with van der Waals surface area (Å²) >= 11 is 0. The second-order valence-electron chi connectivity index (χ2n) is 7.86. The van der Waals surface area contributed by atoms with Crippen LogP contribution >= 0.6 is 0 Å². The molecule has 1 aromatic carbocycles. The Bertz CT molecular complexity index is 485. The topological polar surface area (TPSA) is 27.7 Å². The van der Waals surface area contributed by atoms with Gasteiger partial charge in [0.05, 0.1) is 6.61 Å². The Balaban J connectivity index is 2.20. The van der Waals surface area contributed by atoms with Gasteiger partial charge in [0.15, 0.2) is 0 Å². The number of aryl methyl sites for hydroxylation is 1. The van der Waals surface area contributed by atoms with Crippen molar-refractivity contribution in [1.82, 2.24) is 0 Å². The van der Waals surface area contributed by atoms with E-state index < -0.39 is 8.56 Å². The van der Waals surface area contributed by atoms with Crippen LogP contribution in [0, 0.1) is 6.92 Å². The quantitative estimate of drug-likeness (QED) is 0.735. The van der Waals surface area contributed by atoms with E-state index in [-0.39, 0.29) is 16.4 Å². The Morgan fingerprint density at radius 1 is 1.05 bits per heavy atom. The van der Waals surface area contributed by atoms with Crippen molar-refractivity contribution in [3.05, 3.63) is 29.8 Å². The van der Waals surface area contributed by atoms with Crippen LogP contribution in [0.2, 0.25) is 10.1 Å². The molecule has 1 fully saturated rings. The summed E-state index contributed by atoms with van der Waals surface area (Å²) in [5.41, 5.74) is 1.12. The third-order valence-corrected chi connectivity index (χ3v) is 9.16. The number of rotatable bonds is 2. The summed E-state index contributed by atoms with van der Waals surface area (Å²) in [6.45, 7) is 15.8. The van der Waals surface area contributed by atoms with Crippen molar-refractivity contribution in [2.45, 2.75) is 64.8 Å². The fourth-order valence-corrected chi connectivity index (χ4v) is 7.99. The van der Waals surface area contributed by atoms with Gasteiger partial charge in [0.2, 0.25) is 6.29 Å². The molecule has 1 aliphatic rings. The monoisotopic (exact) mass is 308 g/mol. The first-order chi connectivity index (χ1) is 9.57. The summed E-state index contributed by atoms with van der Waals surface area (Å²) in [6.07, 6.45) is -0.309. The molecule has 0 radical (unpaired) electrons. The van der Waals surface area contributed by atoms with Gasteiger partial charge in [0.25, 0.3) is 0 Å². The molecular formula is C17H28O3Si. The third-order valence-electron chi connectivity index (χ3n) is 4.05. The molecule has 0 bridgehead atoms. The molecule has 1 unspecified atom stereocenters. The first-order valence-electron chi connectivity index (χ1n) is 7.61. The summed E-state index contributed by atoms with van der Waals surface area (Å²) in [4.78, 5) is 0. The second kappa shape index (κ2) is 5.41. The second-order valence-corrected chi connectivity index (χ2v) is 12.6. The molecule has 0 saturated carbocycles. The van der Waals surface area contributed by atoms with Gasteiger partial charge < -0.3 is 13.6 Å². The maximum atomic E-state index is 6.43. The first kappa shape index (κ1) is 16.5. The van der Waals surface area contributed by atoms with Crippen LogP contribution in [0.15, 0.2) is 24.3 Å². The summed E-state index contributed by atoms with van der Waals surface area (Å²) < 4.78 is 18.8. The number of ether oxygens (including phenoxy) is 1. The van der Waals surface area contributed by atoms with Crippen LogP contribution in [0.25, 0.3) is 0 Å². The molecule has 1 heterocycles. The smallest absolute Gasteiger partial charge is 0.352 e. The van der Waals surface area contributed by atoms with Crippen LogP contribution in [0.3, 0.4) is 0 Å². The van der Waals surface area contributed by atoms with E-state index in [1.807, 2.05) is 31.2 Å². The zero-order chi connectivity index (χ0) is 15.9. The van der Waals surface area contributed by atoms with E-state index in [1.54, 1.807) is 0 Å². The molecule has 4 heteroatoms. The fourth-order valence-electron chi connectivity index (χ4n) is 3.24. The minimum absolute atomic E-state index is 0.00487. The van der Waals surface area contributed by atoms with E-state index >= 15 is 0 Å². The minimum atomic E-state index is -2.39. The van der Waals surface area contributed by atoms with Gasteiger partial charge >= 0.3 is 8.56 Å². The molecule has 1 saturated heterocycles. The summed E-state index contributed by atoms with van der Waals surface area (Å²) in [6, 6.07) is 8.02. The van der Waals surface area contributed by atoms with Gasteiger partial charge in [-0.3, -0.25) is 0 Å². The summed E-state index contributed by atoms with van der Waals surface area (Å²) in [7, 11) is -2.39. The van der Waals surface area contributed by atoms with Crippen molar-refractivity contribution in [2.24, 2.45) is 0 Å². The average Bonchev–Trinajstić information content (AvgIpc) is 2.76. The minimum Gasteiger partial charge on any atom is -0.463 e. The maximum Gasteiger partial charge on any atom is 0.352 e. The normalized spacial score (nSPS) is 22.3. The van der Waals surface area contributed by atoms with Crippen LogP contribution in [0.5, 0.6) is 5.75 Å². The molecule has 0 amide bonds. The average molecular weight is 308 g/mol. The third kappa shape index (κ3) is 3.03. The zero-order valence-electron chi connectivity index (χ0n) is 14.3. The molecule has 3 nitrogen and oxygen atoms in total. The van der Waals surface area contributed by atoms with Crippen LogP contribution in [-0.2, 0) is 8.85 Å². The van der Waals surface area contributed by atoms with Crippen molar-refractivity contribution < 1.29 is 13.6 Å². The molecule has 1 atom stereocenters. The van der Waals surface area contributed by atoms with Crippen LogP contribution in [0.1, 0.15) is 47.1 Å². The molecule has 118 valence electrons. The summed E-state index contributed by atoms with van der Waals surface area (Å²) in [5.74, 6) is 0.874. The molecule has 1 aliphatic heterocycles. The van der Waals surface area contributed by atoms with Crippen LogP contribution < -0.4 is 4.74 Å². The van der Waals surface area contributed by atoms with E-state index in [9.17, 15) is 0 Å². The Morgan fingerprint density at radius 2 is 1.62 bits per heavy atom. The lowest BCUT2D eigenvalue weighted by Crippen LogP contribution is -2.54. The summed E-state index contributed by atoms with van der Waals surface area (Å²) in [5, 5.41) is -0.00974. The number of hydrogen-bond donors (Lipinski definition) is 0. The molecule has 1 aromatic rings. The molecule has 0 spiro atoms. The Kier molecular flexibility index (Phi) is 4.26.